The molecule has 19 heavy (non-hydrogen) atoms. The molecule has 3 rings (SSSR count). The van der Waals surface area contributed by atoms with Crippen molar-refractivity contribution in [3.8, 4) is 10.6 Å². The highest BCUT2D eigenvalue weighted by molar-refractivity contribution is 7.15. The number of nitrogens with one attached hydrogen (secondary N) is 1. The van der Waals surface area contributed by atoms with Gasteiger partial charge in [-0.1, -0.05) is 17.7 Å². The molecule has 0 bridgehead atoms. The predicted molar refractivity (Wildman–Crippen MR) is 77.3 cm³/mol. The zero-order valence-corrected chi connectivity index (χ0v) is 12.1. The third-order valence-electron chi connectivity index (χ3n) is 3.48. The number of hydrogen-bond donors (Lipinski definition) is 1. The summed E-state index contributed by atoms with van der Waals surface area (Å²) in [5.74, 6) is -0.306. The Bertz CT molecular complexity index is 591. The van der Waals surface area contributed by atoms with Crippen LogP contribution in [-0.4, -0.2) is 12.0 Å². The number of hydrogen-bond acceptors (Lipinski definition) is 3. The molecule has 2 nitrogen and oxygen atoms in total. The topological polar surface area (TPSA) is 24.9 Å². The minimum atomic E-state index is -0.306. The van der Waals surface area contributed by atoms with Crippen LogP contribution in [0.2, 0.25) is 5.02 Å². The van der Waals surface area contributed by atoms with E-state index in [0.29, 0.717) is 15.6 Å². The maximum absolute atomic E-state index is 13.9. The minimum Gasteiger partial charge on any atom is -0.312 e. The lowest BCUT2D eigenvalue weighted by molar-refractivity contribution is 0.490. The number of aromatic nitrogens is 1. The Morgan fingerprint density at radius 2 is 2.32 bits per heavy atom. The number of thiazole rings is 1. The second kappa shape index (κ2) is 5.19. The highest BCUT2D eigenvalue weighted by Crippen LogP contribution is 2.39. The predicted octanol–water partition coefficient (Wildman–Crippen LogP) is 4.20. The molecule has 0 saturated heterocycles. The van der Waals surface area contributed by atoms with Crippen LogP contribution in [0.5, 0.6) is 0 Å². The zero-order chi connectivity index (χ0) is 13.4. The number of fused-ring (bicyclic) bond motifs is 1. The molecule has 0 spiro atoms. The quantitative estimate of drug-likeness (QED) is 0.898. The molecule has 1 aromatic carbocycles. The molecule has 5 heteroatoms. The Kier molecular flexibility index (Phi) is 3.56. The first kappa shape index (κ1) is 13.0. The fraction of sp³-hybridized carbons (Fsp3) is 0.357. The zero-order valence-electron chi connectivity index (χ0n) is 10.5. The molecule has 1 atom stereocenters. The number of nitrogens with zero attached hydrogens (tertiary/aromatic N) is 1. The van der Waals surface area contributed by atoms with E-state index < -0.39 is 0 Å². The Balaban J connectivity index is 2.10. The van der Waals surface area contributed by atoms with E-state index >= 15 is 0 Å². The lowest BCUT2D eigenvalue weighted by Gasteiger charge is -2.19. The van der Waals surface area contributed by atoms with Gasteiger partial charge in [0, 0.05) is 4.88 Å². The van der Waals surface area contributed by atoms with E-state index in [0.717, 1.165) is 25.0 Å². The molecule has 1 aliphatic rings. The highest BCUT2D eigenvalue weighted by atomic mass is 35.5. The molecule has 0 saturated carbocycles. The number of benzene rings is 1. The Morgan fingerprint density at radius 3 is 3.05 bits per heavy atom. The van der Waals surface area contributed by atoms with E-state index in [9.17, 15) is 4.39 Å². The molecule has 0 aliphatic heterocycles. The third-order valence-corrected chi connectivity index (χ3v) is 4.94. The van der Waals surface area contributed by atoms with Gasteiger partial charge in [0.25, 0.3) is 0 Å². The maximum atomic E-state index is 13.9. The van der Waals surface area contributed by atoms with E-state index in [1.165, 1.54) is 10.9 Å². The molecule has 100 valence electrons. The molecule has 0 amide bonds. The summed E-state index contributed by atoms with van der Waals surface area (Å²) in [5.41, 5.74) is 1.49. The summed E-state index contributed by atoms with van der Waals surface area (Å²) >= 11 is 7.67. The van der Waals surface area contributed by atoms with Crippen molar-refractivity contribution in [2.45, 2.75) is 25.3 Å². The Labute approximate surface area is 120 Å². The van der Waals surface area contributed by atoms with Gasteiger partial charge in [0.05, 0.1) is 22.3 Å². The Hall–Kier alpha value is -0.970. The summed E-state index contributed by atoms with van der Waals surface area (Å²) in [6.45, 7) is 0. The highest BCUT2D eigenvalue weighted by Gasteiger charge is 2.25. The van der Waals surface area contributed by atoms with Gasteiger partial charge in [-0.3, -0.25) is 0 Å². The third kappa shape index (κ3) is 2.29. The smallest absolute Gasteiger partial charge is 0.134 e. The summed E-state index contributed by atoms with van der Waals surface area (Å²) in [6.07, 6.45) is 3.25. The van der Waals surface area contributed by atoms with Gasteiger partial charge in [-0.15, -0.1) is 11.3 Å². The Morgan fingerprint density at radius 1 is 1.47 bits per heavy atom. The average Bonchev–Trinajstić information content (AvgIpc) is 2.81. The number of aryl methyl sites for hydroxylation is 1. The second-order valence-electron chi connectivity index (χ2n) is 4.66. The van der Waals surface area contributed by atoms with Gasteiger partial charge in [0.2, 0.25) is 0 Å². The van der Waals surface area contributed by atoms with Gasteiger partial charge in [-0.2, -0.15) is 0 Å². The van der Waals surface area contributed by atoms with E-state index in [1.54, 1.807) is 23.5 Å². The fourth-order valence-electron chi connectivity index (χ4n) is 2.51. The molecule has 2 aromatic rings. The number of halogens is 2. The molecule has 1 unspecified atom stereocenters. The van der Waals surface area contributed by atoms with Gasteiger partial charge < -0.3 is 5.32 Å². The molecule has 1 aromatic heterocycles. The first-order chi connectivity index (χ1) is 9.20. The van der Waals surface area contributed by atoms with Crippen molar-refractivity contribution < 1.29 is 4.39 Å². The first-order valence-electron chi connectivity index (χ1n) is 6.32. The van der Waals surface area contributed by atoms with Gasteiger partial charge in [-0.05, 0) is 38.4 Å². The van der Waals surface area contributed by atoms with Crippen LogP contribution in [0.25, 0.3) is 10.6 Å². The van der Waals surface area contributed by atoms with Gasteiger partial charge in [-0.25, -0.2) is 9.37 Å². The molecule has 1 aliphatic carbocycles. The van der Waals surface area contributed by atoms with Crippen LogP contribution >= 0.6 is 22.9 Å². The van der Waals surface area contributed by atoms with Crippen LogP contribution in [0.1, 0.15) is 29.5 Å². The summed E-state index contributed by atoms with van der Waals surface area (Å²) in [6, 6.07) is 5.03. The molecular formula is C14H14ClFN2S. The van der Waals surface area contributed by atoms with Crippen LogP contribution in [0.3, 0.4) is 0 Å². The lowest BCUT2D eigenvalue weighted by atomic mass is 9.98. The van der Waals surface area contributed by atoms with Crippen LogP contribution in [0.15, 0.2) is 18.2 Å². The minimum absolute atomic E-state index is 0.277. The van der Waals surface area contributed by atoms with Crippen LogP contribution in [-0.2, 0) is 6.42 Å². The molecule has 1 N–H and O–H groups in total. The molecule has 0 fully saturated rings. The molecular weight excluding hydrogens is 283 g/mol. The summed E-state index contributed by atoms with van der Waals surface area (Å²) in [7, 11) is 1.94. The number of rotatable bonds is 2. The van der Waals surface area contributed by atoms with Crippen LogP contribution in [0.4, 0.5) is 4.39 Å². The normalized spacial score (nSPS) is 18.4. The lowest BCUT2D eigenvalue weighted by Crippen LogP contribution is -2.21. The van der Waals surface area contributed by atoms with Gasteiger partial charge in [0.1, 0.15) is 10.8 Å². The SMILES string of the molecule is CNC1CCCc2sc(-c3c(F)cccc3Cl)nc21. The van der Waals surface area contributed by atoms with Crippen molar-refractivity contribution in [3.63, 3.8) is 0 Å². The van der Waals surface area contributed by atoms with Crippen molar-refractivity contribution in [2.75, 3.05) is 7.05 Å². The monoisotopic (exact) mass is 296 g/mol. The second-order valence-corrected chi connectivity index (χ2v) is 6.15. The van der Waals surface area contributed by atoms with E-state index in [4.69, 9.17) is 11.6 Å². The van der Waals surface area contributed by atoms with E-state index in [-0.39, 0.29) is 11.9 Å². The van der Waals surface area contributed by atoms with Crippen LogP contribution in [0, 0.1) is 5.82 Å². The standard InChI is InChI=1S/C14H14ClFN2S/c1-17-10-6-3-7-11-13(10)18-14(19-11)12-8(15)4-2-5-9(12)16/h2,4-5,10,17H,3,6-7H2,1H3. The van der Waals surface area contributed by atoms with Crippen molar-refractivity contribution in [1.82, 2.24) is 10.3 Å². The molecule has 1 heterocycles. The average molecular weight is 297 g/mol. The van der Waals surface area contributed by atoms with Crippen molar-refractivity contribution >= 4 is 22.9 Å². The fourth-order valence-corrected chi connectivity index (χ4v) is 4.04. The van der Waals surface area contributed by atoms with E-state index in [2.05, 4.69) is 10.3 Å². The first-order valence-corrected chi connectivity index (χ1v) is 7.51. The van der Waals surface area contributed by atoms with Crippen LogP contribution < -0.4 is 5.32 Å². The summed E-state index contributed by atoms with van der Waals surface area (Å²) in [4.78, 5) is 5.88. The van der Waals surface area contributed by atoms with Gasteiger partial charge >= 0.3 is 0 Å². The summed E-state index contributed by atoms with van der Waals surface area (Å²) < 4.78 is 13.9. The van der Waals surface area contributed by atoms with Crippen molar-refractivity contribution in [2.24, 2.45) is 0 Å². The molecule has 0 radical (unpaired) electrons. The van der Waals surface area contributed by atoms with Crippen molar-refractivity contribution in [3.05, 3.63) is 39.6 Å². The van der Waals surface area contributed by atoms with Crippen molar-refractivity contribution in [1.29, 1.82) is 0 Å². The largest absolute Gasteiger partial charge is 0.312 e. The van der Waals surface area contributed by atoms with Gasteiger partial charge in [0.15, 0.2) is 0 Å². The van der Waals surface area contributed by atoms with E-state index in [1.807, 2.05) is 7.05 Å². The summed E-state index contributed by atoms with van der Waals surface area (Å²) in [5, 5.41) is 4.38. The maximum Gasteiger partial charge on any atom is 0.134 e.